The molecular weight excluding hydrogens is 272 g/mol. The first-order chi connectivity index (χ1) is 8.07. The fourth-order valence-corrected chi connectivity index (χ4v) is 3.36. The largest absolute Gasteiger partial charge is 0.346 e. The Morgan fingerprint density at radius 3 is 2.44 bits per heavy atom. The maximum atomic E-state index is 12.0. The van der Waals surface area contributed by atoms with Crippen LogP contribution in [0.15, 0.2) is 11.0 Å². The van der Waals surface area contributed by atoms with Crippen LogP contribution in [0.5, 0.6) is 0 Å². The molecular formula is C11H18N2O3S2. The van der Waals surface area contributed by atoms with Gasteiger partial charge in [-0.15, -0.1) is 11.3 Å². The lowest BCUT2D eigenvalue weighted by molar-refractivity contribution is 0.0915. The van der Waals surface area contributed by atoms with Gasteiger partial charge >= 0.3 is 0 Å². The number of nitrogens with two attached hydrogens (primary N) is 1. The fourth-order valence-electron chi connectivity index (χ4n) is 1.32. The SMILES string of the molecule is CCC(C)(C)NC(=O)c1cc(S(N)(=O)=O)c(C)s1. The van der Waals surface area contributed by atoms with Crippen LogP contribution < -0.4 is 10.5 Å². The minimum Gasteiger partial charge on any atom is -0.346 e. The summed E-state index contributed by atoms with van der Waals surface area (Å²) < 4.78 is 22.6. The zero-order chi connectivity index (χ0) is 14.1. The van der Waals surface area contributed by atoms with Gasteiger partial charge in [-0.05, 0) is 33.3 Å². The normalized spacial score (nSPS) is 12.5. The van der Waals surface area contributed by atoms with Crippen molar-refractivity contribution in [2.24, 2.45) is 5.14 Å². The van der Waals surface area contributed by atoms with Crippen molar-refractivity contribution in [1.82, 2.24) is 5.32 Å². The summed E-state index contributed by atoms with van der Waals surface area (Å²) in [6, 6.07) is 1.33. The summed E-state index contributed by atoms with van der Waals surface area (Å²) in [5.74, 6) is -0.273. The number of sulfonamides is 1. The smallest absolute Gasteiger partial charge is 0.261 e. The van der Waals surface area contributed by atoms with Crippen molar-refractivity contribution in [3.05, 3.63) is 15.8 Å². The molecule has 1 amide bonds. The second-order valence-electron chi connectivity index (χ2n) is 4.77. The Bertz CT molecular complexity index is 559. The van der Waals surface area contributed by atoms with E-state index in [-0.39, 0.29) is 16.3 Å². The van der Waals surface area contributed by atoms with Crippen LogP contribution in [0.4, 0.5) is 0 Å². The summed E-state index contributed by atoms with van der Waals surface area (Å²) in [5, 5.41) is 7.92. The van der Waals surface area contributed by atoms with Gasteiger partial charge in [-0.2, -0.15) is 0 Å². The molecule has 3 N–H and O–H groups in total. The van der Waals surface area contributed by atoms with Gasteiger partial charge in [0.05, 0.1) is 9.77 Å². The number of carbonyl (C=O) groups excluding carboxylic acids is 1. The highest BCUT2D eigenvalue weighted by Crippen LogP contribution is 2.25. The highest BCUT2D eigenvalue weighted by atomic mass is 32.2. The molecule has 0 bridgehead atoms. The first-order valence-electron chi connectivity index (χ1n) is 5.52. The molecule has 102 valence electrons. The molecule has 0 saturated heterocycles. The Labute approximate surface area is 111 Å². The van der Waals surface area contributed by atoms with Crippen LogP contribution in [0.2, 0.25) is 0 Å². The van der Waals surface area contributed by atoms with Gasteiger partial charge in [0, 0.05) is 10.4 Å². The van der Waals surface area contributed by atoms with Gasteiger partial charge in [0.25, 0.3) is 5.91 Å². The van der Waals surface area contributed by atoms with Crippen LogP contribution in [0.25, 0.3) is 0 Å². The molecule has 7 heteroatoms. The summed E-state index contributed by atoms with van der Waals surface area (Å²) in [6.45, 7) is 7.42. The van der Waals surface area contributed by atoms with E-state index in [1.807, 2.05) is 20.8 Å². The van der Waals surface area contributed by atoms with Crippen LogP contribution in [0.3, 0.4) is 0 Å². The average Bonchev–Trinajstić information content (AvgIpc) is 2.59. The minimum absolute atomic E-state index is 0.0203. The molecule has 0 aromatic carbocycles. The van der Waals surface area contributed by atoms with E-state index in [1.165, 1.54) is 6.07 Å². The van der Waals surface area contributed by atoms with Gasteiger partial charge in [-0.3, -0.25) is 4.79 Å². The fraction of sp³-hybridized carbons (Fsp3) is 0.545. The van der Waals surface area contributed by atoms with E-state index in [9.17, 15) is 13.2 Å². The predicted molar refractivity (Wildman–Crippen MR) is 72.3 cm³/mol. The highest BCUT2D eigenvalue weighted by Gasteiger charge is 2.23. The van der Waals surface area contributed by atoms with Crippen molar-refractivity contribution in [2.75, 3.05) is 0 Å². The van der Waals surface area contributed by atoms with Crippen molar-refractivity contribution in [3.63, 3.8) is 0 Å². The van der Waals surface area contributed by atoms with Crippen molar-refractivity contribution >= 4 is 27.3 Å². The highest BCUT2D eigenvalue weighted by molar-refractivity contribution is 7.89. The molecule has 1 aromatic heterocycles. The lowest BCUT2D eigenvalue weighted by atomic mass is 10.0. The van der Waals surface area contributed by atoms with Crippen LogP contribution in [-0.4, -0.2) is 19.9 Å². The topological polar surface area (TPSA) is 89.3 Å². The molecule has 0 saturated carbocycles. The molecule has 1 rings (SSSR count). The van der Waals surface area contributed by atoms with E-state index in [0.717, 1.165) is 17.8 Å². The maximum Gasteiger partial charge on any atom is 0.261 e. The van der Waals surface area contributed by atoms with Gasteiger partial charge in [0.2, 0.25) is 10.0 Å². The summed E-state index contributed by atoms with van der Waals surface area (Å²) in [6.07, 6.45) is 0.783. The summed E-state index contributed by atoms with van der Waals surface area (Å²) >= 11 is 1.13. The molecule has 1 aromatic rings. The third-order valence-electron chi connectivity index (χ3n) is 2.74. The van der Waals surface area contributed by atoms with E-state index >= 15 is 0 Å². The molecule has 0 aliphatic rings. The van der Waals surface area contributed by atoms with Crippen molar-refractivity contribution in [3.8, 4) is 0 Å². The molecule has 0 spiro atoms. The zero-order valence-corrected chi connectivity index (χ0v) is 12.5. The van der Waals surface area contributed by atoms with Crippen LogP contribution in [-0.2, 0) is 10.0 Å². The van der Waals surface area contributed by atoms with Crippen molar-refractivity contribution in [1.29, 1.82) is 0 Å². The van der Waals surface area contributed by atoms with E-state index in [4.69, 9.17) is 5.14 Å². The van der Waals surface area contributed by atoms with Gasteiger partial charge in [0.1, 0.15) is 0 Å². The van der Waals surface area contributed by atoms with Gasteiger partial charge in [0.15, 0.2) is 0 Å². The first kappa shape index (κ1) is 15.1. The second-order valence-corrected chi connectivity index (χ2v) is 7.55. The van der Waals surface area contributed by atoms with Crippen molar-refractivity contribution < 1.29 is 13.2 Å². The quantitative estimate of drug-likeness (QED) is 0.883. The van der Waals surface area contributed by atoms with E-state index < -0.39 is 10.0 Å². The maximum absolute atomic E-state index is 12.0. The van der Waals surface area contributed by atoms with Crippen LogP contribution in [0, 0.1) is 6.92 Å². The molecule has 18 heavy (non-hydrogen) atoms. The lowest BCUT2D eigenvalue weighted by Gasteiger charge is -2.23. The van der Waals surface area contributed by atoms with Crippen LogP contribution >= 0.6 is 11.3 Å². The van der Waals surface area contributed by atoms with E-state index in [2.05, 4.69) is 5.32 Å². The molecule has 0 aliphatic carbocycles. The number of primary sulfonamides is 1. The summed E-state index contributed by atoms with van der Waals surface area (Å²) in [7, 11) is -3.77. The molecule has 0 unspecified atom stereocenters. The average molecular weight is 290 g/mol. The predicted octanol–water partition coefficient (Wildman–Crippen LogP) is 1.62. The number of hydrogen-bond donors (Lipinski definition) is 2. The minimum atomic E-state index is -3.77. The zero-order valence-electron chi connectivity index (χ0n) is 10.9. The molecule has 1 heterocycles. The number of carbonyl (C=O) groups is 1. The summed E-state index contributed by atoms with van der Waals surface area (Å²) in [5.41, 5.74) is -0.323. The Hall–Kier alpha value is -0.920. The number of nitrogens with one attached hydrogen (secondary N) is 1. The lowest BCUT2D eigenvalue weighted by Crippen LogP contribution is -2.42. The van der Waals surface area contributed by atoms with Crippen LogP contribution in [0.1, 0.15) is 41.7 Å². The van der Waals surface area contributed by atoms with Gasteiger partial charge < -0.3 is 5.32 Å². The molecule has 0 atom stereocenters. The number of hydrogen-bond acceptors (Lipinski definition) is 4. The van der Waals surface area contributed by atoms with E-state index in [0.29, 0.717) is 9.75 Å². The Kier molecular flexibility index (Phi) is 4.19. The number of rotatable bonds is 4. The number of amides is 1. The van der Waals surface area contributed by atoms with Gasteiger partial charge in [-0.1, -0.05) is 6.92 Å². The molecule has 5 nitrogen and oxygen atoms in total. The summed E-state index contributed by atoms with van der Waals surface area (Å²) in [4.78, 5) is 12.9. The third kappa shape index (κ3) is 3.54. The third-order valence-corrected chi connectivity index (χ3v) is 4.95. The second kappa shape index (κ2) is 4.99. The Balaban J connectivity index is 3.03. The van der Waals surface area contributed by atoms with E-state index in [1.54, 1.807) is 6.92 Å². The monoisotopic (exact) mass is 290 g/mol. The van der Waals surface area contributed by atoms with Crippen molar-refractivity contribution in [2.45, 2.75) is 44.6 Å². The van der Waals surface area contributed by atoms with Gasteiger partial charge in [-0.25, -0.2) is 13.6 Å². The molecule has 0 fully saturated rings. The molecule has 0 radical (unpaired) electrons. The Morgan fingerprint density at radius 2 is 2.06 bits per heavy atom. The standard InChI is InChI=1S/C11H18N2O3S2/c1-5-11(3,4)13-10(14)8-6-9(7(2)17-8)18(12,15)16/h6H,5H2,1-4H3,(H,13,14)(H2,12,15,16). The number of aryl methyl sites for hydroxylation is 1. The first-order valence-corrected chi connectivity index (χ1v) is 7.89. The number of thiophene rings is 1. The molecule has 0 aliphatic heterocycles. The Morgan fingerprint density at radius 1 is 1.50 bits per heavy atom.